The molecule has 36 heavy (non-hydrogen) atoms. The maximum absolute atomic E-state index is 13.5. The van der Waals surface area contributed by atoms with Gasteiger partial charge >= 0.3 is 5.97 Å². The summed E-state index contributed by atoms with van der Waals surface area (Å²) in [6, 6.07) is 14.4. The normalized spacial score (nSPS) is 14.1. The lowest BCUT2D eigenvalue weighted by molar-refractivity contribution is -0.155. The highest BCUT2D eigenvalue weighted by molar-refractivity contribution is 5.95. The zero-order chi connectivity index (χ0) is 25.9. The van der Waals surface area contributed by atoms with Gasteiger partial charge in [-0.25, -0.2) is 4.98 Å². The third-order valence-corrected chi connectivity index (χ3v) is 5.79. The van der Waals surface area contributed by atoms with Crippen molar-refractivity contribution >= 4 is 17.7 Å². The second-order valence-corrected chi connectivity index (χ2v) is 10.1. The van der Waals surface area contributed by atoms with Crippen molar-refractivity contribution in [1.29, 1.82) is 0 Å². The zero-order valence-corrected chi connectivity index (χ0v) is 21.1. The predicted octanol–water partition coefficient (Wildman–Crippen LogP) is 4.32. The summed E-state index contributed by atoms with van der Waals surface area (Å²) in [4.78, 5) is 43.0. The molecule has 1 amide bonds. The van der Waals surface area contributed by atoms with Crippen LogP contribution in [0.1, 0.15) is 67.6 Å². The summed E-state index contributed by atoms with van der Waals surface area (Å²) in [5.74, 6) is -0.437. The van der Waals surface area contributed by atoms with Gasteiger partial charge in [0.15, 0.2) is 5.82 Å². The fourth-order valence-electron chi connectivity index (χ4n) is 3.86. The number of nitrogens with one attached hydrogen (secondary N) is 2. The van der Waals surface area contributed by atoms with Crippen molar-refractivity contribution in [2.45, 2.75) is 64.6 Å². The van der Waals surface area contributed by atoms with Crippen LogP contribution in [0.25, 0.3) is 5.69 Å². The minimum Gasteiger partial charge on any atom is -0.460 e. The molecule has 3 aromatic rings. The molecule has 0 bridgehead atoms. The number of carbonyl (C=O) groups excluding carboxylic acids is 2. The van der Waals surface area contributed by atoms with Gasteiger partial charge in [-0.05, 0) is 63.8 Å². The van der Waals surface area contributed by atoms with Crippen molar-refractivity contribution in [2.24, 2.45) is 0 Å². The first-order valence-corrected chi connectivity index (χ1v) is 12.1. The largest absolute Gasteiger partial charge is 0.460 e. The van der Waals surface area contributed by atoms with E-state index in [-0.39, 0.29) is 35.7 Å². The second kappa shape index (κ2) is 10.4. The van der Waals surface area contributed by atoms with E-state index >= 15 is 0 Å². The molecule has 4 rings (SSSR count). The summed E-state index contributed by atoms with van der Waals surface area (Å²) >= 11 is 0. The first kappa shape index (κ1) is 25.2. The molecule has 1 aliphatic rings. The Morgan fingerprint density at radius 1 is 1.14 bits per heavy atom. The van der Waals surface area contributed by atoms with E-state index in [0.29, 0.717) is 11.3 Å². The van der Waals surface area contributed by atoms with Gasteiger partial charge in [-0.3, -0.25) is 19.0 Å². The van der Waals surface area contributed by atoms with Gasteiger partial charge in [0, 0.05) is 24.0 Å². The lowest BCUT2D eigenvalue weighted by atomic mass is 10.0. The third-order valence-electron chi connectivity index (χ3n) is 5.79. The van der Waals surface area contributed by atoms with Gasteiger partial charge in [0.1, 0.15) is 5.60 Å². The smallest absolute Gasteiger partial charge is 0.308 e. The minimum absolute atomic E-state index is 0.0210. The number of aryl methyl sites for hydroxylation is 1. The number of rotatable bonds is 8. The summed E-state index contributed by atoms with van der Waals surface area (Å²) in [7, 11) is 0. The number of hydrogen-bond acceptors (Lipinski definition) is 6. The van der Waals surface area contributed by atoms with E-state index in [1.54, 1.807) is 18.3 Å². The van der Waals surface area contributed by atoms with Crippen molar-refractivity contribution in [2.75, 3.05) is 5.32 Å². The Bertz CT molecular complexity index is 1310. The summed E-state index contributed by atoms with van der Waals surface area (Å²) in [6.45, 7) is 7.32. The van der Waals surface area contributed by atoms with Gasteiger partial charge in [-0.2, -0.15) is 0 Å². The van der Waals surface area contributed by atoms with E-state index in [4.69, 9.17) is 4.74 Å². The van der Waals surface area contributed by atoms with E-state index < -0.39 is 11.6 Å². The quantitative estimate of drug-likeness (QED) is 0.458. The Labute approximate surface area is 210 Å². The first-order chi connectivity index (χ1) is 17.1. The van der Waals surface area contributed by atoms with Crippen LogP contribution in [0, 0.1) is 6.92 Å². The van der Waals surface area contributed by atoms with Gasteiger partial charge in [-0.15, -0.1) is 0 Å². The molecule has 2 aromatic carbocycles. The lowest BCUT2D eigenvalue weighted by Crippen LogP contribution is -2.29. The standard InChI is InChI=1S/C28H32N4O4/c1-18-10-11-20(26(34)30-21-12-13-21)16-23(18)32-15-14-29-25(27(32)35)31-22(19-8-6-5-7-9-19)17-24(33)36-28(2,3)4/h5-11,14-16,21-22H,12-13,17H2,1-4H3,(H,29,31)(H,30,34)/t22-/m1/s1. The molecule has 8 nitrogen and oxygen atoms in total. The average Bonchev–Trinajstić information content (AvgIpc) is 3.64. The Morgan fingerprint density at radius 2 is 1.86 bits per heavy atom. The molecule has 0 unspecified atom stereocenters. The van der Waals surface area contributed by atoms with E-state index in [0.717, 1.165) is 24.0 Å². The van der Waals surface area contributed by atoms with Crippen molar-refractivity contribution in [3.63, 3.8) is 0 Å². The Hall–Kier alpha value is -3.94. The Morgan fingerprint density at radius 3 is 2.53 bits per heavy atom. The lowest BCUT2D eigenvalue weighted by Gasteiger charge is -2.23. The highest BCUT2D eigenvalue weighted by Gasteiger charge is 2.25. The van der Waals surface area contributed by atoms with E-state index in [2.05, 4.69) is 15.6 Å². The molecule has 0 saturated heterocycles. The topological polar surface area (TPSA) is 102 Å². The maximum atomic E-state index is 13.5. The number of hydrogen-bond donors (Lipinski definition) is 2. The van der Waals surface area contributed by atoms with Crippen LogP contribution in [-0.4, -0.2) is 33.1 Å². The minimum atomic E-state index is -0.621. The molecular weight excluding hydrogens is 456 g/mol. The molecule has 1 fully saturated rings. The molecule has 0 radical (unpaired) electrons. The van der Waals surface area contributed by atoms with Gasteiger partial charge < -0.3 is 15.4 Å². The van der Waals surface area contributed by atoms with Crippen LogP contribution in [0.4, 0.5) is 5.82 Å². The Kier molecular flexibility index (Phi) is 7.24. The van der Waals surface area contributed by atoms with Crippen molar-refractivity contribution < 1.29 is 14.3 Å². The van der Waals surface area contributed by atoms with Crippen molar-refractivity contribution in [1.82, 2.24) is 14.9 Å². The van der Waals surface area contributed by atoms with Crippen molar-refractivity contribution in [3.05, 3.63) is 88.0 Å². The molecule has 1 saturated carbocycles. The summed E-state index contributed by atoms with van der Waals surface area (Å²) < 4.78 is 6.98. The zero-order valence-electron chi connectivity index (χ0n) is 21.1. The van der Waals surface area contributed by atoms with E-state index in [1.165, 1.54) is 10.8 Å². The number of carbonyl (C=O) groups is 2. The monoisotopic (exact) mass is 488 g/mol. The van der Waals surface area contributed by atoms with Gasteiger partial charge in [-0.1, -0.05) is 36.4 Å². The molecule has 2 N–H and O–H groups in total. The fourth-order valence-corrected chi connectivity index (χ4v) is 3.86. The van der Waals surface area contributed by atoms with Gasteiger partial charge in [0.05, 0.1) is 18.2 Å². The molecule has 1 heterocycles. The van der Waals surface area contributed by atoms with Crippen LogP contribution in [0.2, 0.25) is 0 Å². The van der Waals surface area contributed by atoms with Crippen molar-refractivity contribution in [3.8, 4) is 5.69 Å². The summed E-state index contributed by atoms with van der Waals surface area (Å²) in [5.41, 5.74) is 1.75. The number of ether oxygens (including phenoxy) is 1. The van der Waals surface area contributed by atoms with Crippen LogP contribution in [0.15, 0.2) is 65.7 Å². The number of benzene rings is 2. The second-order valence-electron chi connectivity index (χ2n) is 10.1. The predicted molar refractivity (Wildman–Crippen MR) is 138 cm³/mol. The number of amides is 1. The number of nitrogens with zero attached hydrogens (tertiary/aromatic N) is 2. The van der Waals surface area contributed by atoms with Crippen LogP contribution >= 0.6 is 0 Å². The molecule has 0 aliphatic heterocycles. The van der Waals surface area contributed by atoms with E-state index in [9.17, 15) is 14.4 Å². The highest BCUT2D eigenvalue weighted by atomic mass is 16.6. The molecule has 1 atom stereocenters. The van der Waals surface area contributed by atoms with Gasteiger partial charge in [0.2, 0.25) is 0 Å². The Balaban J connectivity index is 1.64. The summed E-state index contributed by atoms with van der Waals surface area (Å²) in [6.07, 6.45) is 5.11. The number of esters is 1. The maximum Gasteiger partial charge on any atom is 0.308 e. The fraction of sp³-hybridized carbons (Fsp3) is 0.357. The van der Waals surface area contributed by atoms with E-state index in [1.807, 2.05) is 64.1 Å². The third kappa shape index (κ3) is 6.38. The molecule has 188 valence electrons. The van der Waals surface area contributed by atoms with Crippen LogP contribution < -0.4 is 16.2 Å². The first-order valence-electron chi connectivity index (χ1n) is 12.1. The van der Waals surface area contributed by atoms with Crippen LogP contribution in [0.3, 0.4) is 0 Å². The van der Waals surface area contributed by atoms with Crippen LogP contribution in [0.5, 0.6) is 0 Å². The highest BCUT2D eigenvalue weighted by Crippen LogP contribution is 2.24. The molecule has 0 spiro atoms. The van der Waals surface area contributed by atoms with Crippen LogP contribution in [-0.2, 0) is 9.53 Å². The summed E-state index contributed by atoms with van der Waals surface area (Å²) in [5, 5.41) is 6.14. The number of anilines is 1. The molecule has 1 aromatic heterocycles. The molecular formula is C28H32N4O4. The van der Waals surface area contributed by atoms with Gasteiger partial charge in [0.25, 0.3) is 11.5 Å². The average molecular weight is 489 g/mol. The number of aromatic nitrogens is 2. The molecule has 1 aliphatic carbocycles. The molecule has 8 heteroatoms. The SMILES string of the molecule is Cc1ccc(C(=O)NC2CC2)cc1-n1ccnc(N[C@H](CC(=O)OC(C)(C)C)c2ccccc2)c1=O.